The monoisotopic (exact) mass is 497 g/mol. The Morgan fingerprint density at radius 2 is 1.54 bits per heavy atom. The van der Waals surface area contributed by atoms with Crippen molar-refractivity contribution in [2.45, 2.75) is 4.90 Å². The summed E-state index contributed by atoms with van der Waals surface area (Å²) in [5.41, 5.74) is 1.31. The molecule has 11 heteroatoms. The van der Waals surface area contributed by atoms with Gasteiger partial charge in [-0.25, -0.2) is 13.6 Å². The summed E-state index contributed by atoms with van der Waals surface area (Å²) in [6.45, 7) is 0. The van der Waals surface area contributed by atoms with Crippen molar-refractivity contribution in [2.24, 2.45) is 15.4 Å². The van der Waals surface area contributed by atoms with Gasteiger partial charge in [-0.05, 0) is 66.2 Å². The first-order valence-electron chi connectivity index (χ1n) is 10.1. The Balaban J connectivity index is 1.82. The van der Waals surface area contributed by atoms with Gasteiger partial charge in [0.2, 0.25) is 15.8 Å². The molecule has 10 nitrogen and oxygen atoms in total. The lowest BCUT2D eigenvalue weighted by Crippen LogP contribution is -2.11. The van der Waals surface area contributed by atoms with Crippen molar-refractivity contribution in [3.63, 3.8) is 0 Å². The number of benzene rings is 3. The molecule has 0 saturated carbocycles. The number of carbonyl (C=O) groups is 1. The molecule has 3 N–H and O–H groups in total. The van der Waals surface area contributed by atoms with Gasteiger partial charge in [0.1, 0.15) is 11.4 Å². The van der Waals surface area contributed by atoms with Crippen LogP contribution in [0.5, 0.6) is 23.0 Å². The quantitative estimate of drug-likeness (QED) is 0.253. The first-order chi connectivity index (χ1) is 16.7. The second-order valence-electron chi connectivity index (χ2n) is 7.10. The summed E-state index contributed by atoms with van der Waals surface area (Å²) in [6, 6.07) is 13.0. The summed E-state index contributed by atoms with van der Waals surface area (Å²) >= 11 is 0. The number of aromatic hydroxyl groups is 1. The van der Waals surface area contributed by atoms with E-state index >= 15 is 0 Å². The molecule has 35 heavy (non-hydrogen) atoms. The molecule has 0 aliphatic heterocycles. The number of hydrogen-bond acceptors (Lipinski definition) is 9. The molecule has 0 bridgehead atoms. The van der Waals surface area contributed by atoms with Crippen molar-refractivity contribution in [2.75, 3.05) is 21.3 Å². The molecule has 3 aromatic carbocycles. The summed E-state index contributed by atoms with van der Waals surface area (Å²) in [5, 5.41) is 23.1. The number of allylic oxidation sites excluding steroid dienone is 1. The zero-order valence-corrected chi connectivity index (χ0v) is 19.9. The minimum absolute atomic E-state index is 0.0626. The number of methoxy groups -OCH3 is 3. The predicted molar refractivity (Wildman–Crippen MR) is 130 cm³/mol. The molecule has 3 rings (SSSR count). The highest BCUT2D eigenvalue weighted by molar-refractivity contribution is 7.89. The maximum atomic E-state index is 12.7. The minimum atomic E-state index is -3.82. The van der Waals surface area contributed by atoms with Crippen molar-refractivity contribution < 1.29 is 32.5 Å². The van der Waals surface area contributed by atoms with Crippen LogP contribution in [0.2, 0.25) is 0 Å². The molecule has 3 aromatic rings. The van der Waals surface area contributed by atoms with Crippen LogP contribution in [0.1, 0.15) is 15.9 Å². The largest absolute Gasteiger partial charge is 0.506 e. The zero-order chi connectivity index (χ0) is 25.6. The molecule has 0 saturated heterocycles. The van der Waals surface area contributed by atoms with Gasteiger partial charge in [0.25, 0.3) is 0 Å². The smallest absolute Gasteiger partial charge is 0.238 e. The number of ketones is 1. The normalized spacial score (nSPS) is 11.7. The fourth-order valence-electron chi connectivity index (χ4n) is 3.04. The van der Waals surface area contributed by atoms with Crippen molar-refractivity contribution >= 4 is 33.3 Å². The van der Waals surface area contributed by atoms with Gasteiger partial charge in [-0.2, -0.15) is 5.11 Å². The van der Waals surface area contributed by atoms with E-state index in [1.165, 1.54) is 69.9 Å². The van der Waals surface area contributed by atoms with Crippen molar-refractivity contribution in [1.82, 2.24) is 0 Å². The third kappa shape index (κ3) is 6.22. The van der Waals surface area contributed by atoms with E-state index in [2.05, 4.69) is 10.2 Å². The maximum absolute atomic E-state index is 12.7. The van der Waals surface area contributed by atoms with Gasteiger partial charge >= 0.3 is 0 Å². The summed E-state index contributed by atoms with van der Waals surface area (Å²) < 4.78 is 38.6. The Hall–Kier alpha value is -4.22. The first kappa shape index (κ1) is 25.4. The third-order valence-electron chi connectivity index (χ3n) is 4.81. The number of phenols is 1. The minimum Gasteiger partial charge on any atom is -0.506 e. The Labute approximate surface area is 202 Å². The SMILES string of the molecule is COc1cc(/C=C/C(=O)c2ccc(O)c(N=Nc3ccc(S(N)(=O)=O)cc3)c2)cc(OC)c1OC. The van der Waals surface area contributed by atoms with Crippen molar-refractivity contribution in [1.29, 1.82) is 0 Å². The van der Waals surface area contributed by atoms with E-state index in [9.17, 15) is 18.3 Å². The summed E-state index contributed by atoms with van der Waals surface area (Å²) in [4.78, 5) is 12.7. The molecule has 0 amide bonds. The van der Waals surface area contributed by atoms with Gasteiger partial charge in [0.05, 0.1) is 31.9 Å². The molecule has 0 heterocycles. The van der Waals surface area contributed by atoms with E-state index in [-0.39, 0.29) is 27.7 Å². The van der Waals surface area contributed by atoms with Crippen LogP contribution in [0.4, 0.5) is 11.4 Å². The summed E-state index contributed by atoms with van der Waals surface area (Å²) in [5.74, 6) is 0.811. The lowest BCUT2D eigenvalue weighted by Gasteiger charge is -2.12. The van der Waals surface area contributed by atoms with Gasteiger partial charge in [-0.3, -0.25) is 4.79 Å². The molecule has 0 fully saturated rings. The fraction of sp³-hybridized carbons (Fsp3) is 0.125. The van der Waals surface area contributed by atoms with Crippen LogP contribution in [-0.2, 0) is 10.0 Å². The van der Waals surface area contributed by atoms with Gasteiger partial charge < -0.3 is 19.3 Å². The van der Waals surface area contributed by atoms with Crippen molar-refractivity contribution in [3.05, 3.63) is 71.8 Å². The Bertz CT molecular complexity index is 1370. The first-order valence-corrected chi connectivity index (χ1v) is 11.6. The van der Waals surface area contributed by atoms with E-state index < -0.39 is 10.0 Å². The number of azo groups is 1. The highest BCUT2D eigenvalue weighted by atomic mass is 32.2. The molecule has 0 aliphatic carbocycles. The number of nitrogens with zero attached hydrogens (tertiary/aromatic N) is 2. The molecule has 182 valence electrons. The average Bonchev–Trinajstić information content (AvgIpc) is 2.85. The molecule has 0 unspecified atom stereocenters. The van der Waals surface area contributed by atoms with Crippen LogP contribution in [0.25, 0.3) is 6.08 Å². The number of carbonyl (C=O) groups excluding carboxylic acids is 1. The second kappa shape index (κ2) is 10.8. The lowest BCUT2D eigenvalue weighted by molar-refractivity contribution is 0.104. The highest BCUT2D eigenvalue weighted by Crippen LogP contribution is 2.38. The number of primary sulfonamides is 1. The third-order valence-corrected chi connectivity index (χ3v) is 5.74. The van der Waals surface area contributed by atoms with Crippen molar-refractivity contribution in [3.8, 4) is 23.0 Å². The molecular weight excluding hydrogens is 474 g/mol. The van der Waals surface area contributed by atoms with Gasteiger partial charge in [-0.1, -0.05) is 6.08 Å². The van der Waals surface area contributed by atoms with E-state index in [1.807, 2.05) is 0 Å². The van der Waals surface area contributed by atoms with E-state index in [0.29, 0.717) is 28.5 Å². The number of nitrogens with two attached hydrogens (primary N) is 1. The van der Waals surface area contributed by atoms with Gasteiger partial charge in [-0.15, -0.1) is 5.11 Å². The highest BCUT2D eigenvalue weighted by Gasteiger charge is 2.13. The Morgan fingerprint density at radius 1 is 0.914 bits per heavy atom. The number of hydrogen-bond donors (Lipinski definition) is 2. The molecule has 0 radical (unpaired) electrons. The number of sulfonamides is 1. The van der Waals surface area contributed by atoms with E-state index in [0.717, 1.165) is 0 Å². The average molecular weight is 498 g/mol. The molecule has 0 aliphatic rings. The van der Waals surface area contributed by atoms with Gasteiger partial charge in [0, 0.05) is 5.56 Å². The fourth-order valence-corrected chi connectivity index (χ4v) is 3.55. The lowest BCUT2D eigenvalue weighted by atomic mass is 10.1. The standard InChI is InChI=1S/C24H23N3O7S/c1-32-22-12-15(13-23(33-2)24(22)34-3)4-10-20(28)16-5-11-21(29)19(14-16)27-26-17-6-8-18(9-7-17)35(25,30)31/h4-14,29H,1-3H3,(H2,25,30,31)/b10-4+,27-26?. The number of ether oxygens (including phenoxy) is 3. The van der Waals surface area contributed by atoms with Crippen LogP contribution in [-0.4, -0.2) is 40.6 Å². The number of phenolic OH excluding ortho intramolecular Hbond substituents is 1. The summed E-state index contributed by atoms with van der Waals surface area (Å²) in [7, 11) is 0.671. The van der Waals surface area contributed by atoms with Crippen LogP contribution in [0.3, 0.4) is 0 Å². The number of rotatable bonds is 9. The molecular formula is C24H23N3O7S. The molecule has 0 atom stereocenters. The summed E-state index contributed by atoms with van der Waals surface area (Å²) in [6.07, 6.45) is 2.95. The zero-order valence-electron chi connectivity index (χ0n) is 19.1. The Kier molecular flexibility index (Phi) is 7.84. The Morgan fingerprint density at radius 3 is 2.09 bits per heavy atom. The van der Waals surface area contributed by atoms with Crippen LogP contribution >= 0.6 is 0 Å². The van der Waals surface area contributed by atoms with E-state index in [1.54, 1.807) is 18.2 Å². The van der Waals surface area contributed by atoms with Gasteiger partial charge in [0.15, 0.2) is 17.3 Å². The maximum Gasteiger partial charge on any atom is 0.238 e. The molecule has 0 aromatic heterocycles. The predicted octanol–water partition coefficient (Wildman–Crippen LogP) is 4.38. The second-order valence-corrected chi connectivity index (χ2v) is 8.66. The van der Waals surface area contributed by atoms with Crippen LogP contribution in [0.15, 0.2) is 75.8 Å². The van der Waals surface area contributed by atoms with Crippen LogP contribution in [0, 0.1) is 0 Å². The topological polar surface area (TPSA) is 150 Å². The molecule has 0 spiro atoms. The van der Waals surface area contributed by atoms with Crippen LogP contribution < -0.4 is 19.3 Å². The van der Waals surface area contributed by atoms with E-state index in [4.69, 9.17) is 19.3 Å².